The molecule has 0 aliphatic heterocycles. The topological polar surface area (TPSA) is 116 Å². The molecule has 8 heteroatoms. The molecule has 0 rings (SSSR count). The zero-order chi connectivity index (χ0) is 10.5. The van der Waals surface area contributed by atoms with Crippen LogP contribution in [-0.2, 0) is 0 Å². The van der Waals surface area contributed by atoms with Crippen molar-refractivity contribution in [2.24, 2.45) is 5.34 Å². The van der Waals surface area contributed by atoms with Crippen LogP contribution < -0.4 is 29.6 Å². The molecule has 0 saturated carbocycles. The summed E-state index contributed by atoms with van der Waals surface area (Å²) >= 11 is 0. The Morgan fingerprint density at radius 2 is 1.21 bits per heavy atom. The summed E-state index contributed by atoms with van der Waals surface area (Å²) < 4.78 is 0. The molecule has 0 radical (unpaired) electrons. The first-order valence-corrected chi connectivity index (χ1v) is 3.76. The summed E-state index contributed by atoms with van der Waals surface area (Å²) in [5.41, 5.74) is 0. The number of hydrogen-bond donors (Lipinski definition) is 3. The van der Waals surface area contributed by atoms with Crippen LogP contribution in [0.3, 0.4) is 0 Å². The van der Waals surface area contributed by atoms with E-state index in [9.17, 15) is 0 Å². The monoisotopic (exact) mass is 218 g/mol. The molecular formula is C6H15N2NaO5. The van der Waals surface area contributed by atoms with Gasteiger partial charge in [-0.05, 0) is 0 Å². The fourth-order valence-corrected chi connectivity index (χ4v) is 0.760. The summed E-state index contributed by atoms with van der Waals surface area (Å²) in [5.74, 6) is 0. The molecule has 0 aliphatic carbocycles. The van der Waals surface area contributed by atoms with Crippen molar-refractivity contribution >= 4 is 0 Å². The van der Waals surface area contributed by atoms with Gasteiger partial charge in [-0.2, -0.15) is 0 Å². The standard InChI is InChI=1S/C6H15NO3.HNO2.Na/c8-4-1-7(2-5-9)3-6-10;2-1-3;/h8-10H,1-6H2;(H,2,3);/q;;+1/p-1. The van der Waals surface area contributed by atoms with Gasteiger partial charge in [0.1, 0.15) is 0 Å². The molecule has 0 saturated heterocycles. The molecule has 0 spiro atoms. The molecule has 0 heterocycles. The molecule has 0 amide bonds. The smallest absolute Gasteiger partial charge is 0.444 e. The minimum absolute atomic E-state index is 0. The van der Waals surface area contributed by atoms with E-state index in [4.69, 9.17) is 25.4 Å². The Morgan fingerprint density at radius 3 is 1.36 bits per heavy atom. The van der Waals surface area contributed by atoms with Gasteiger partial charge in [0.25, 0.3) is 0 Å². The van der Waals surface area contributed by atoms with Crippen molar-refractivity contribution in [2.45, 2.75) is 0 Å². The van der Waals surface area contributed by atoms with E-state index in [0.717, 1.165) is 5.34 Å². The van der Waals surface area contributed by atoms with E-state index in [-0.39, 0.29) is 49.4 Å². The van der Waals surface area contributed by atoms with E-state index < -0.39 is 0 Å². The van der Waals surface area contributed by atoms with Crippen molar-refractivity contribution in [1.82, 2.24) is 4.90 Å². The molecule has 0 atom stereocenters. The van der Waals surface area contributed by atoms with Crippen molar-refractivity contribution in [3.05, 3.63) is 10.1 Å². The van der Waals surface area contributed by atoms with E-state index in [1.54, 1.807) is 4.90 Å². The molecule has 0 aromatic rings. The molecule has 7 nitrogen and oxygen atoms in total. The molecular weight excluding hydrogens is 203 g/mol. The molecule has 0 unspecified atom stereocenters. The van der Waals surface area contributed by atoms with Crippen LogP contribution >= 0.6 is 0 Å². The summed E-state index contributed by atoms with van der Waals surface area (Å²) in [6.45, 7) is 1.75. The Kier molecular flexibility index (Phi) is 26.7. The molecule has 3 N–H and O–H groups in total. The molecule has 80 valence electrons. The van der Waals surface area contributed by atoms with Gasteiger partial charge < -0.3 is 25.4 Å². The predicted octanol–water partition coefficient (Wildman–Crippen LogP) is -4.48. The summed E-state index contributed by atoms with van der Waals surface area (Å²) in [4.78, 5) is 9.79. The normalized spacial score (nSPS) is 8.57. The van der Waals surface area contributed by atoms with Gasteiger partial charge >= 0.3 is 29.6 Å². The second-order valence-electron chi connectivity index (χ2n) is 2.09. The minimum atomic E-state index is 0. The minimum Gasteiger partial charge on any atom is -0.444 e. The number of rotatable bonds is 6. The molecule has 14 heavy (non-hydrogen) atoms. The van der Waals surface area contributed by atoms with Gasteiger partial charge in [-0.15, -0.1) is 5.34 Å². The van der Waals surface area contributed by atoms with E-state index in [1.807, 2.05) is 0 Å². The maximum absolute atomic E-state index is 8.48. The van der Waals surface area contributed by atoms with E-state index in [0.29, 0.717) is 19.6 Å². The zero-order valence-corrected chi connectivity index (χ0v) is 10.3. The molecule has 0 fully saturated rings. The van der Waals surface area contributed by atoms with Crippen LogP contribution in [0.5, 0.6) is 0 Å². The first-order valence-electron chi connectivity index (χ1n) is 3.76. The van der Waals surface area contributed by atoms with Crippen LogP contribution in [0.1, 0.15) is 0 Å². The molecule has 0 aromatic heterocycles. The van der Waals surface area contributed by atoms with E-state index >= 15 is 0 Å². The fourth-order valence-electron chi connectivity index (χ4n) is 0.760. The average molecular weight is 218 g/mol. The fraction of sp³-hybridized carbons (Fsp3) is 1.00. The van der Waals surface area contributed by atoms with Crippen molar-refractivity contribution in [3.63, 3.8) is 0 Å². The van der Waals surface area contributed by atoms with E-state index in [2.05, 4.69) is 0 Å². The maximum atomic E-state index is 8.48. The summed E-state index contributed by atoms with van der Waals surface area (Å²) in [7, 11) is 0. The Labute approximate surface area is 105 Å². The Bertz CT molecular complexity index is 94.0. The summed E-state index contributed by atoms with van der Waals surface area (Å²) in [5, 5.41) is 34.5. The third-order valence-corrected chi connectivity index (χ3v) is 1.25. The van der Waals surface area contributed by atoms with Gasteiger partial charge in [-0.3, -0.25) is 4.90 Å². The van der Waals surface area contributed by atoms with Crippen molar-refractivity contribution in [1.29, 1.82) is 0 Å². The van der Waals surface area contributed by atoms with Crippen molar-refractivity contribution < 1.29 is 44.9 Å². The third kappa shape index (κ3) is 18.1. The van der Waals surface area contributed by atoms with Crippen LogP contribution in [0.4, 0.5) is 0 Å². The Morgan fingerprint density at radius 1 is 1.00 bits per heavy atom. The second kappa shape index (κ2) is 18.9. The van der Waals surface area contributed by atoms with Gasteiger partial charge in [-0.1, -0.05) is 0 Å². The largest absolute Gasteiger partial charge is 1.00 e. The number of aliphatic hydroxyl groups excluding tert-OH is 3. The Balaban J connectivity index is -0.000000267. The SMILES string of the molecule is O=N[O-].OCCN(CCO)CCO.[Na+]. The van der Waals surface area contributed by atoms with Crippen molar-refractivity contribution in [2.75, 3.05) is 39.5 Å². The predicted molar refractivity (Wildman–Crippen MR) is 46.9 cm³/mol. The van der Waals surface area contributed by atoms with Crippen LogP contribution in [-0.4, -0.2) is 59.7 Å². The number of aliphatic hydroxyl groups is 3. The summed E-state index contributed by atoms with van der Waals surface area (Å²) in [6, 6.07) is 0. The van der Waals surface area contributed by atoms with Crippen LogP contribution in [0.15, 0.2) is 5.34 Å². The number of nitrogens with zero attached hydrogens (tertiary/aromatic N) is 2. The molecule has 0 aliphatic rings. The van der Waals surface area contributed by atoms with Crippen LogP contribution in [0.2, 0.25) is 0 Å². The van der Waals surface area contributed by atoms with Gasteiger partial charge in [-0.25, -0.2) is 0 Å². The first-order chi connectivity index (χ1) is 6.26. The molecule has 0 aromatic carbocycles. The molecule has 0 bridgehead atoms. The van der Waals surface area contributed by atoms with Gasteiger partial charge in [0.15, 0.2) is 0 Å². The van der Waals surface area contributed by atoms with Gasteiger partial charge in [0.05, 0.1) is 19.8 Å². The quantitative estimate of drug-likeness (QED) is 0.235. The number of hydrogen-bond acceptors (Lipinski definition) is 7. The van der Waals surface area contributed by atoms with Gasteiger partial charge in [0.2, 0.25) is 0 Å². The van der Waals surface area contributed by atoms with Crippen LogP contribution in [0.25, 0.3) is 0 Å². The zero-order valence-electron chi connectivity index (χ0n) is 8.30. The first kappa shape index (κ1) is 19.8. The third-order valence-electron chi connectivity index (χ3n) is 1.25. The van der Waals surface area contributed by atoms with Crippen molar-refractivity contribution in [3.8, 4) is 0 Å². The van der Waals surface area contributed by atoms with E-state index in [1.165, 1.54) is 0 Å². The maximum Gasteiger partial charge on any atom is 1.00 e. The van der Waals surface area contributed by atoms with Crippen LogP contribution in [0, 0.1) is 10.1 Å². The second-order valence-corrected chi connectivity index (χ2v) is 2.09. The summed E-state index contributed by atoms with van der Waals surface area (Å²) in [6.07, 6.45) is 0. The average Bonchev–Trinajstić information content (AvgIpc) is 2.07. The Hall–Kier alpha value is 0.240. The van der Waals surface area contributed by atoms with Gasteiger partial charge in [0, 0.05) is 19.6 Å².